The minimum absolute atomic E-state index is 0.0257. The molecule has 7 nitrogen and oxygen atoms in total. The fraction of sp³-hybridized carbons (Fsp3) is 0.257. The Labute approximate surface area is 246 Å². The lowest BCUT2D eigenvalue weighted by atomic mass is 9.87. The van der Waals surface area contributed by atoms with Crippen molar-refractivity contribution in [2.75, 3.05) is 19.7 Å². The third-order valence-corrected chi connectivity index (χ3v) is 7.93. The van der Waals surface area contributed by atoms with Crippen LogP contribution in [0.1, 0.15) is 57.1 Å². The van der Waals surface area contributed by atoms with E-state index in [2.05, 4.69) is 17.4 Å². The van der Waals surface area contributed by atoms with Gasteiger partial charge in [-0.3, -0.25) is 9.59 Å². The standard InChI is InChI=1S/C35H35N3O4/c36-23-25-5-10-26(11-6-25)35(40)38-19-17-27-21-31-14-15-32(27)34(38)28-3-1-4-30(22-28)41-20-2-18-37-33(39)16-9-24-7-12-29(42-31)13-8-24/h1,3-8,10-15,21-22,34H,2,9,16-20,23,36H2,(H,37,39). The molecule has 2 amide bonds. The summed E-state index contributed by atoms with van der Waals surface area (Å²) in [6, 6.07) is 29.2. The van der Waals surface area contributed by atoms with Crippen molar-refractivity contribution in [1.29, 1.82) is 0 Å². The van der Waals surface area contributed by atoms with E-state index < -0.39 is 0 Å². The highest BCUT2D eigenvalue weighted by atomic mass is 16.5. The van der Waals surface area contributed by atoms with Crippen molar-refractivity contribution in [3.63, 3.8) is 0 Å². The maximum absolute atomic E-state index is 13.9. The number of ether oxygens (including phenoxy) is 2. The summed E-state index contributed by atoms with van der Waals surface area (Å²) in [7, 11) is 0. The third kappa shape index (κ3) is 6.16. The number of carbonyl (C=O) groups excluding carboxylic acids is 2. The summed E-state index contributed by atoms with van der Waals surface area (Å²) in [6.45, 7) is 2.03. The number of nitrogens with two attached hydrogens (primary N) is 1. The number of aryl methyl sites for hydroxylation is 1. The molecule has 0 aromatic heterocycles. The third-order valence-electron chi connectivity index (χ3n) is 7.93. The van der Waals surface area contributed by atoms with Gasteiger partial charge in [0.25, 0.3) is 5.91 Å². The minimum atomic E-state index is -0.291. The quantitative estimate of drug-likeness (QED) is 0.334. The molecule has 3 N–H and O–H groups in total. The van der Waals surface area contributed by atoms with Gasteiger partial charge in [-0.15, -0.1) is 0 Å². The zero-order valence-electron chi connectivity index (χ0n) is 23.6. The smallest absolute Gasteiger partial charge is 0.254 e. The molecule has 0 aliphatic carbocycles. The van der Waals surface area contributed by atoms with E-state index in [1.165, 1.54) is 0 Å². The first-order chi connectivity index (χ1) is 20.6. The Morgan fingerprint density at radius 3 is 2.50 bits per heavy atom. The van der Waals surface area contributed by atoms with Crippen LogP contribution in [-0.2, 0) is 24.2 Å². The molecule has 0 radical (unpaired) electrons. The first kappa shape index (κ1) is 27.5. The molecule has 0 saturated heterocycles. The van der Waals surface area contributed by atoms with Crippen LogP contribution in [0.3, 0.4) is 0 Å². The van der Waals surface area contributed by atoms with Crippen molar-refractivity contribution >= 4 is 11.8 Å². The van der Waals surface area contributed by atoms with E-state index in [-0.39, 0.29) is 17.9 Å². The Hall–Kier alpha value is -4.62. The molecule has 1 atom stereocenters. The van der Waals surface area contributed by atoms with Gasteiger partial charge in [-0.2, -0.15) is 0 Å². The van der Waals surface area contributed by atoms with Gasteiger partial charge < -0.3 is 25.4 Å². The summed E-state index contributed by atoms with van der Waals surface area (Å²) < 4.78 is 12.3. The lowest BCUT2D eigenvalue weighted by Crippen LogP contribution is -2.40. The Balaban J connectivity index is 1.37. The van der Waals surface area contributed by atoms with Crippen LogP contribution < -0.4 is 20.5 Å². The van der Waals surface area contributed by atoms with Crippen LogP contribution in [0.15, 0.2) is 91.0 Å². The van der Waals surface area contributed by atoms with Gasteiger partial charge in [-0.05, 0) is 95.6 Å². The second kappa shape index (κ2) is 12.5. The lowest BCUT2D eigenvalue weighted by Gasteiger charge is -2.38. The molecule has 0 spiro atoms. The van der Waals surface area contributed by atoms with Crippen molar-refractivity contribution in [3.8, 4) is 17.2 Å². The average molecular weight is 562 g/mol. The van der Waals surface area contributed by atoms with Crippen LogP contribution in [-0.4, -0.2) is 36.4 Å². The molecule has 4 aromatic carbocycles. The Kier molecular flexibility index (Phi) is 8.19. The molecule has 0 saturated carbocycles. The van der Waals surface area contributed by atoms with Gasteiger partial charge in [-0.25, -0.2) is 0 Å². The summed E-state index contributed by atoms with van der Waals surface area (Å²) in [4.78, 5) is 28.2. The number of nitrogens with zero attached hydrogens (tertiary/aromatic N) is 1. The predicted molar refractivity (Wildman–Crippen MR) is 162 cm³/mol. The summed E-state index contributed by atoms with van der Waals surface area (Å²) in [6.07, 6.45) is 2.51. The van der Waals surface area contributed by atoms with Gasteiger partial charge in [0.2, 0.25) is 5.91 Å². The van der Waals surface area contributed by atoms with Gasteiger partial charge >= 0.3 is 0 Å². The molecule has 8 bridgehead atoms. The molecule has 42 heavy (non-hydrogen) atoms. The van der Waals surface area contributed by atoms with Crippen LogP contribution in [0.4, 0.5) is 0 Å². The number of amides is 2. The second-order valence-electron chi connectivity index (χ2n) is 10.8. The van der Waals surface area contributed by atoms with Crippen LogP contribution in [0, 0.1) is 0 Å². The largest absolute Gasteiger partial charge is 0.494 e. The molecule has 5 aliphatic rings. The summed E-state index contributed by atoms with van der Waals surface area (Å²) in [5.74, 6) is 2.23. The van der Waals surface area contributed by atoms with Crippen molar-refractivity contribution < 1.29 is 19.1 Å². The van der Waals surface area contributed by atoms with Crippen molar-refractivity contribution in [2.45, 2.75) is 38.3 Å². The maximum Gasteiger partial charge on any atom is 0.254 e. The maximum atomic E-state index is 13.9. The number of rotatable bonds is 2. The highest BCUT2D eigenvalue weighted by Crippen LogP contribution is 2.39. The first-order valence-electron chi connectivity index (χ1n) is 14.6. The molecule has 214 valence electrons. The number of benzene rings is 4. The van der Waals surface area contributed by atoms with E-state index in [0.29, 0.717) is 57.5 Å². The Morgan fingerprint density at radius 1 is 0.881 bits per heavy atom. The molecule has 5 heterocycles. The van der Waals surface area contributed by atoms with E-state index in [9.17, 15) is 9.59 Å². The highest BCUT2D eigenvalue weighted by molar-refractivity contribution is 5.95. The van der Waals surface area contributed by atoms with Crippen molar-refractivity contribution in [1.82, 2.24) is 10.2 Å². The molecule has 5 aliphatic heterocycles. The van der Waals surface area contributed by atoms with Crippen LogP contribution in [0.2, 0.25) is 0 Å². The van der Waals surface area contributed by atoms with Gasteiger partial charge in [0.05, 0.1) is 12.6 Å². The van der Waals surface area contributed by atoms with Gasteiger partial charge in [0.1, 0.15) is 17.2 Å². The van der Waals surface area contributed by atoms with Crippen molar-refractivity contribution in [3.05, 3.63) is 124 Å². The minimum Gasteiger partial charge on any atom is -0.494 e. The fourth-order valence-corrected chi connectivity index (χ4v) is 5.67. The summed E-state index contributed by atoms with van der Waals surface area (Å²) >= 11 is 0. The van der Waals surface area contributed by atoms with E-state index in [1.807, 2.05) is 83.8 Å². The fourth-order valence-electron chi connectivity index (χ4n) is 5.67. The average Bonchev–Trinajstić information content (AvgIpc) is 3.03. The number of nitrogens with one attached hydrogen (secondary N) is 1. The van der Waals surface area contributed by atoms with Gasteiger partial charge in [-0.1, -0.05) is 42.5 Å². The zero-order chi connectivity index (χ0) is 28.9. The SMILES string of the molecule is NCc1ccc(C(=O)N2CCc3cc4ccc3C2c2cccc(c2)OCCCNC(=O)CCc2ccc(cc2)O4)cc1. The molecular weight excluding hydrogens is 526 g/mol. The first-order valence-corrected chi connectivity index (χ1v) is 14.6. The molecule has 0 fully saturated rings. The Bertz CT molecular complexity index is 1570. The van der Waals surface area contributed by atoms with Crippen LogP contribution in [0.25, 0.3) is 0 Å². The van der Waals surface area contributed by atoms with E-state index in [1.54, 1.807) is 0 Å². The highest BCUT2D eigenvalue weighted by Gasteiger charge is 2.33. The van der Waals surface area contributed by atoms with Crippen LogP contribution in [0.5, 0.6) is 17.2 Å². The molecule has 7 heteroatoms. The van der Waals surface area contributed by atoms with Crippen molar-refractivity contribution in [2.24, 2.45) is 5.73 Å². The van der Waals surface area contributed by atoms with E-state index in [0.717, 1.165) is 45.1 Å². The monoisotopic (exact) mass is 561 g/mol. The zero-order valence-corrected chi connectivity index (χ0v) is 23.6. The van der Waals surface area contributed by atoms with Crippen LogP contribution >= 0.6 is 0 Å². The summed E-state index contributed by atoms with van der Waals surface area (Å²) in [5.41, 5.74) is 11.7. The number of carbonyl (C=O) groups is 2. The summed E-state index contributed by atoms with van der Waals surface area (Å²) in [5, 5.41) is 2.98. The number of hydrogen-bond acceptors (Lipinski definition) is 5. The van der Waals surface area contributed by atoms with E-state index in [4.69, 9.17) is 15.2 Å². The molecule has 1 unspecified atom stereocenters. The van der Waals surface area contributed by atoms with Gasteiger partial charge in [0.15, 0.2) is 0 Å². The second-order valence-corrected chi connectivity index (χ2v) is 10.8. The van der Waals surface area contributed by atoms with Gasteiger partial charge in [0, 0.05) is 31.6 Å². The topological polar surface area (TPSA) is 93.9 Å². The molecule has 9 rings (SSSR count). The normalized spacial score (nSPS) is 17.0. The number of hydrogen-bond donors (Lipinski definition) is 2. The lowest BCUT2D eigenvalue weighted by molar-refractivity contribution is -0.121. The Morgan fingerprint density at radius 2 is 1.69 bits per heavy atom. The predicted octanol–water partition coefficient (Wildman–Crippen LogP) is 5.56. The molecule has 4 aromatic rings. The van der Waals surface area contributed by atoms with E-state index >= 15 is 0 Å². The molecular formula is C35H35N3O4.